The number of rotatable bonds is 4. The average Bonchev–Trinajstić information content (AvgIpc) is 2.15. The molecule has 0 saturated heterocycles. The fourth-order valence-corrected chi connectivity index (χ4v) is 0.971. The standard InChI is InChI=1S/C10H11O4.CH3.Es/c1-7-3-4-8(9(5-7)13-2)14-6-10(11)12;;/h3-5H,1,6H2,2H3,(H,11,12);1H3;/q2*-1;. The molecule has 1 rings (SSSR count). The number of methoxy groups -OCH3 is 1. The van der Waals surface area contributed by atoms with Crippen molar-refractivity contribution in [2.75, 3.05) is 13.7 Å². The van der Waals surface area contributed by atoms with Crippen LogP contribution in [0.2, 0.25) is 0 Å². The van der Waals surface area contributed by atoms with Gasteiger partial charge in [-0.05, 0) is 0 Å². The summed E-state index contributed by atoms with van der Waals surface area (Å²) in [6, 6.07) is 5.03. The summed E-state index contributed by atoms with van der Waals surface area (Å²) in [5.74, 6) is -0.133. The summed E-state index contributed by atoms with van der Waals surface area (Å²) >= 11 is 0. The zero-order chi connectivity index (χ0) is 10.6. The summed E-state index contributed by atoms with van der Waals surface area (Å²) < 4.78 is 9.99. The minimum absolute atomic E-state index is 0. The fraction of sp³-hybridized carbons (Fsp3) is 0.182. The molecular weight excluding hydrogens is 448 g/mol. The van der Waals surface area contributed by atoms with E-state index in [1.165, 1.54) is 7.11 Å². The Kier molecular flexibility index (Phi) is 6.43. The van der Waals surface area contributed by atoms with Gasteiger partial charge in [-0.2, -0.15) is 18.6 Å². The van der Waals surface area contributed by atoms with Gasteiger partial charge >= 0.3 is 5.97 Å². The zero-order valence-electron chi connectivity index (χ0n) is 9.12. The molecule has 1 aromatic carbocycles. The Hall–Kier alpha value is -2.84. The van der Waals surface area contributed by atoms with Crippen molar-refractivity contribution in [2.24, 2.45) is 0 Å². The van der Waals surface area contributed by atoms with Gasteiger partial charge in [0.1, 0.15) is 11.5 Å². The van der Waals surface area contributed by atoms with Crippen LogP contribution in [0.1, 0.15) is 5.56 Å². The zero-order valence-corrected chi connectivity index (χ0v) is 11.6. The van der Waals surface area contributed by atoms with Crippen molar-refractivity contribution >= 4 is 5.97 Å². The van der Waals surface area contributed by atoms with Crippen LogP contribution in [0.5, 0.6) is 11.5 Å². The van der Waals surface area contributed by atoms with Crippen molar-refractivity contribution in [3.05, 3.63) is 38.1 Å². The van der Waals surface area contributed by atoms with E-state index in [0.29, 0.717) is 11.5 Å². The molecule has 0 saturated carbocycles. The van der Waals surface area contributed by atoms with Crippen molar-refractivity contribution in [3.63, 3.8) is 0 Å². The summed E-state index contributed by atoms with van der Waals surface area (Å²) in [5, 5.41) is 8.41. The van der Waals surface area contributed by atoms with E-state index < -0.39 is 5.97 Å². The minimum atomic E-state index is -1.02. The maximum Gasteiger partial charge on any atom is 0.341 e. The molecule has 0 spiro atoms. The van der Waals surface area contributed by atoms with E-state index in [-0.39, 0.29) is 14.0 Å². The Bertz CT molecular complexity index is 339. The monoisotopic (exact) mass is 462 g/mol. The molecular formula is C11H14EsO4-2. The topological polar surface area (TPSA) is 55.8 Å². The molecule has 1 aromatic rings. The van der Waals surface area contributed by atoms with Crippen LogP contribution in [0.3, 0.4) is 0 Å². The Balaban J connectivity index is 0. The van der Waals surface area contributed by atoms with Gasteiger partial charge < -0.3 is 22.0 Å². The molecule has 0 bridgehead atoms. The molecule has 95 valence electrons. The molecule has 1 radical (unpaired) electrons. The molecule has 1 N–H and O–H groups in total. The van der Waals surface area contributed by atoms with Gasteiger partial charge in [-0.3, -0.25) is 0 Å². The predicted octanol–water partition coefficient (Wildman–Crippen LogP) is 1.79. The van der Waals surface area contributed by atoms with Crippen LogP contribution in [0.25, 0.3) is 0 Å². The fourth-order valence-electron chi connectivity index (χ4n) is 0.971. The van der Waals surface area contributed by atoms with E-state index in [1.807, 2.05) is 0 Å². The molecule has 0 heterocycles. The van der Waals surface area contributed by atoms with Crippen molar-refractivity contribution in [3.8, 4) is 11.5 Å². The van der Waals surface area contributed by atoms with Crippen molar-refractivity contribution in [1.29, 1.82) is 0 Å². The molecule has 4 nitrogen and oxygen atoms in total. The minimum Gasteiger partial charge on any atom is -0.506 e. The van der Waals surface area contributed by atoms with Gasteiger partial charge in [0, 0.05) is 0 Å². The first-order chi connectivity index (χ1) is 6.63. The van der Waals surface area contributed by atoms with Crippen LogP contribution in [0.4, 0.5) is 0 Å². The number of carboxylic acids is 1. The number of hydrogen-bond acceptors (Lipinski definition) is 3. The first-order valence-electron chi connectivity index (χ1n) is 3.98. The first kappa shape index (κ1) is 15.6. The van der Waals surface area contributed by atoms with E-state index >= 15 is 0 Å². The average molecular weight is 462 g/mol. The number of hydrogen-bond donors (Lipinski definition) is 1. The van der Waals surface area contributed by atoms with E-state index in [1.54, 1.807) is 18.2 Å². The number of ether oxygens (including phenoxy) is 2. The number of carbonyl (C=O) groups is 1. The molecule has 0 fully saturated rings. The third-order valence-electron chi connectivity index (χ3n) is 1.58. The Morgan fingerprint density at radius 2 is 2.06 bits per heavy atom. The van der Waals surface area contributed by atoms with Crippen LogP contribution in [-0.4, -0.2) is 24.8 Å². The summed E-state index contributed by atoms with van der Waals surface area (Å²) in [6.07, 6.45) is 0. The molecule has 0 atom stereocenters. The molecule has 16 heavy (non-hydrogen) atoms. The maximum atomic E-state index is 10.3. The molecule has 0 amide bonds. The number of carboxylic acid groups (broad SMARTS) is 1. The smallest absolute Gasteiger partial charge is 0.341 e. The van der Waals surface area contributed by atoms with Crippen LogP contribution in [0, 0.1) is 14.4 Å². The molecule has 0 aromatic heterocycles. The van der Waals surface area contributed by atoms with Crippen molar-refractivity contribution in [1.82, 2.24) is 0 Å². The largest absolute Gasteiger partial charge is 0.506 e. The number of benzene rings is 1. The third kappa shape index (κ3) is 3.91. The van der Waals surface area contributed by atoms with Gasteiger partial charge in [0.15, 0.2) is 6.61 Å². The van der Waals surface area contributed by atoms with Gasteiger partial charge in [-0.1, -0.05) is 6.07 Å². The van der Waals surface area contributed by atoms with E-state index in [0.717, 1.165) is 5.56 Å². The molecule has 0 aliphatic rings. The summed E-state index contributed by atoms with van der Waals surface area (Å²) in [5.41, 5.74) is 0.782. The van der Waals surface area contributed by atoms with Crippen molar-refractivity contribution < 1.29 is 19.4 Å². The van der Waals surface area contributed by atoms with Gasteiger partial charge in [0.05, 0.1) is 7.11 Å². The van der Waals surface area contributed by atoms with Gasteiger partial charge in [-0.25, -0.2) is 4.79 Å². The number of aliphatic carboxylic acids is 1. The van der Waals surface area contributed by atoms with Gasteiger partial charge in [0.25, 0.3) is 0 Å². The van der Waals surface area contributed by atoms with E-state index in [9.17, 15) is 4.79 Å². The summed E-state index contributed by atoms with van der Waals surface area (Å²) in [4.78, 5) is 10.3. The SMILES string of the molecule is [CH2-]c1ccc(OCC(=O)O)c(OC)c1.[CH3-].[Es]. The summed E-state index contributed by atoms with van der Waals surface area (Å²) in [6.45, 7) is 3.33. The van der Waals surface area contributed by atoms with Crippen LogP contribution in [0.15, 0.2) is 18.2 Å². The molecule has 0 unspecified atom stereocenters. The Morgan fingerprint density at radius 3 is 2.56 bits per heavy atom. The molecule has 0 aliphatic heterocycles. The first-order valence-corrected chi connectivity index (χ1v) is 3.98. The second-order valence-corrected chi connectivity index (χ2v) is 2.67. The van der Waals surface area contributed by atoms with Gasteiger partial charge in [-0.15, -0.1) is 6.07 Å². The van der Waals surface area contributed by atoms with Gasteiger partial charge in [0.2, 0.25) is 0 Å². The van der Waals surface area contributed by atoms with Crippen LogP contribution in [-0.2, 0) is 4.79 Å². The van der Waals surface area contributed by atoms with E-state index in [4.69, 9.17) is 14.6 Å². The third-order valence-corrected chi connectivity index (χ3v) is 1.58. The summed E-state index contributed by atoms with van der Waals surface area (Å²) in [7, 11) is 1.49. The van der Waals surface area contributed by atoms with Crippen LogP contribution < -0.4 is 9.47 Å². The second kappa shape index (κ2) is 6.59. The molecule has 5 heteroatoms. The Morgan fingerprint density at radius 1 is 1.44 bits per heavy atom. The van der Waals surface area contributed by atoms with Crippen molar-refractivity contribution in [2.45, 2.75) is 0 Å². The maximum absolute atomic E-state index is 10.3. The molecule has 0 aliphatic carbocycles. The quantitative estimate of drug-likeness (QED) is 0.694. The second-order valence-electron chi connectivity index (χ2n) is 2.67. The Labute approximate surface area is 89.4 Å². The van der Waals surface area contributed by atoms with Crippen LogP contribution >= 0.6 is 0 Å². The normalized spacial score (nSPS) is 8.31. The van der Waals surface area contributed by atoms with E-state index in [2.05, 4.69) is 6.92 Å². The predicted molar refractivity (Wildman–Crippen MR) is 57.0 cm³/mol.